The van der Waals surface area contributed by atoms with Gasteiger partial charge in [0.15, 0.2) is 11.5 Å². The number of nitrogens with zero attached hydrogens (tertiary/aromatic N) is 1. The molecule has 168 valence electrons. The maximum atomic E-state index is 12.9. The van der Waals surface area contributed by atoms with Crippen LogP contribution in [0.25, 0.3) is 6.08 Å². The maximum absolute atomic E-state index is 12.9. The van der Waals surface area contributed by atoms with Crippen LogP contribution >= 0.6 is 0 Å². The summed E-state index contributed by atoms with van der Waals surface area (Å²) >= 11 is 0. The molecule has 0 aliphatic rings. The Bertz CT molecular complexity index is 837. The van der Waals surface area contributed by atoms with Gasteiger partial charge in [0, 0.05) is 19.2 Å². The highest BCUT2D eigenvalue weighted by Gasteiger charge is 2.08. The number of likely N-dealkylation sites (N-methyl/N-ethyl adjacent to an activating group) is 1. The van der Waals surface area contributed by atoms with Crippen LogP contribution in [-0.4, -0.2) is 51.2 Å². The summed E-state index contributed by atoms with van der Waals surface area (Å²) in [5.74, 6) is 1.19. The first-order chi connectivity index (χ1) is 15.1. The molecule has 0 aromatic heterocycles. The van der Waals surface area contributed by atoms with Crippen molar-refractivity contribution in [1.82, 2.24) is 10.2 Å². The van der Waals surface area contributed by atoms with Gasteiger partial charge in [-0.15, -0.1) is 0 Å². The molecule has 0 saturated carbocycles. The van der Waals surface area contributed by atoms with E-state index in [1.54, 1.807) is 38.5 Å². The van der Waals surface area contributed by atoms with Crippen LogP contribution in [0.15, 0.2) is 48.5 Å². The minimum atomic E-state index is -0.283. The number of ether oxygens (including phenoxy) is 2. The third-order valence-electron chi connectivity index (χ3n) is 5.03. The van der Waals surface area contributed by atoms with Gasteiger partial charge in [-0.3, -0.25) is 4.79 Å². The fourth-order valence-electron chi connectivity index (χ4n) is 3.24. The molecule has 2 rings (SSSR count). The van der Waals surface area contributed by atoms with E-state index in [2.05, 4.69) is 11.4 Å². The van der Waals surface area contributed by atoms with E-state index in [0.717, 1.165) is 49.4 Å². The van der Waals surface area contributed by atoms with E-state index in [-0.39, 0.29) is 11.7 Å². The second kappa shape index (κ2) is 13.4. The molecule has 5 nitrogen and oxygen atoms in total. The molecule has 0 radical (unpaired) electrons. The number of methoxy groups -OCH3 is 2. The van der Waals surface area contributed by atoms with Gasteiger partial charge in [-0.2, -0.15) is 0 Å². The number of halogens is 1. The average molecular weight is 429 g/mol. The van der Waals surface area contributed by atoms with Gasteiger partial charge >= 0.3 is 0 Å². The van der Waals surface area contributed by atoms with Crippen molar-refractivity contribution < 1.29 is 18.7 Å². The zero-order chi connectivity index (χ0) is 22.5. The zero-order valence-corrected chi connectivity index (χ0v) is 18.7. The van der Waals surface area contributed by atoms with E-state index in [4.69, 9.17) is 9.47 Å². The second-order valence-electron chi connectivity index (χ2n) is 7.20. The lowest BCUT2D eigenvalue weighted by Gasteiger charge is -2.19. The number of carbonyl (C=O) groups excluding carboxylic acids is 1. The molecular formula is C25H33FN2O3. The Morgan fingerprint density at radius 3 is 2.42 bits per heavy atom. The molecule has 0 aliphatic carbocycles. The number of carbonyl (C=O) groups is 1. The van der Waals surface area contributed by atoms with Crippen molar-refractivity contribution in [3.8, 4) is 11.5 Å². The van der Waals surface area contributed by atoms with E-state index in [9.17, 15) is 9.18 Å². The molecule has 1 amide bonds. The third-order valence-corrected chi connectivity index (χ3v) is 5.03. The molecule has 0 fully saturated rings. The molecule has 1 N–H and O–H groups in total. The summed E-state index contributed by atoms with van der Waals surface area (Å²) in [7, 11) is 3.28. The molecule has 2 aromatic rings. The molecule has 0 bridgehead atoms. The first-order valence-corrected chi connectivity index (χ1v) is 10.7. The molecule has 0 aliphatic heterocycles. The molecule has 0 heterocycles. The van der Waals surface area contributed by atoms with Crippen molar-refractivity contribution in [3.05, 3.63) is 65.5 Å². The van der Waals surface area contributed by atoms with Crippen LogP contribution in [0.5, 0.6) is 11.5 Å². The smallest absolute Gasteiger partial charge is 0.246 e. The largest absolute Gasteiger partial charge is 0.493 e. The predicted molar refractivity (Wildman–Crippen MR) is 123 cm³/mol. The Labute approximate surface area is 184 Å². The van der Waals surface area contributed by atoms with Gasteiger partial charge in [0.05, 0.1) is 14.2 Å². The molecule has 6 heteroatoms. The van der Waals surface area contributed by atoms with E-state index >= 15 is 0 Å². The Morgan fingerprint density at radius 1 is 1.03 bits per heavy atom. The van der Waals surface area contributed by atoms with Gasteiger partial charge < -0.3 is 19.7 Å². The number of hydrogen-bond donors (Lipinski definition) is 1. The van der Waals surface area contributed by atoms with Crippen LogP contribution in [0.1, 0.15) is 30.9 Å². The number of amides is 1. The minimum absolute atomic E-state index is 0.0275. The lowest BCUT2D eigenvalue weighted by molar-refractivity contribution is -0.125. The summed E-state index contributed by atoms with van der Waals surface area (Å²) < 4.78 is 23.6. The van der Waals surface area contributed by atoms with E-state index in [1.807, 2.05) is 24.0 Å². The molecule has 0 atom stereocenters. The summed E-state index contributed by atoms with van der Waals surface area (Å²) in [6, 6.07) is 12.1. The Morgan fingerprint density at radius 2 is 1.74 bits per heavy atom. The fourth-order valence-corrected chi connectivity index (χ4v) is 3.24. The van der Waals surface area contributed by atoms with Gasteiger partial charge in [0.25, 0.3) is 0 Å². The van der Waals surface area contributed by atoms with Crippen LogP contribution in [0.2, 0.25) is 0 Å². The fraction of sp³-hybridized carbons (Fsp3) is 0.400. The molecule has 2 aromatic carbocycles. The van der Waals surface area contributed by atoms with Crippen molar-refractivity contribution in [2.45, 2.75) is 26.2 Å². The van der Waals surface area contributed by atoms with Crippen molar-refractivity contribution in [2.24, 2.45) is 0 Å². The summed E-state index contributed by atoms with van der Waals surface area (Å²) in [6.07, 6.45) is 6.14. The van der Waals surface area contributed by atoms with Crippen molar-refractivity contribution in [2.75, 3.05) is 40.4 Å². The Balaban J connectivity index is 1.64. The highest BCUT2D eigenvalue weighted by atomic mass is 19.1. The number of nitrogens with one attached hydrogen (secondary N) is 1. The van der Waals surface area contributed by atoms with Gasteiger partial charge in [-0.1, -0.05) is 18.2 Å². The first-order valence-electron chi connectivity index (χ1n) is 10.7. The average Bonchev–Trinajstić information content (AvgIpc) is 2.80. The zero-order valence-electron chi connectivity index (χ0n) is 18.7. The Hall–Kier alpha value is -2.86. The summed E-state index contributed by atoms with van der Waals surface area (Å²) in [5, 5.41) is 3.44. The second-order valence-corrected chi connectivity index (χ2v) is 7.20. The Kier molecular flexibility index (Phi) is 10.6. The summed E-state index contributed by atoms with van der Waals surface area (Å²) in [6.45, 7) is 5.11. The number of benzene rings is 2. The van der Waals surface area contributed by atoms with E-state index in [0.29, 0.717) is 13.1 Å². The molecular weight excluding hydrogens is 395 g/mol. The van der Waals surface area contributed by atoms with Gasteiger partial charge in [0.1, 0.15) is 5.82 Å². The number of rotatable bonds is 13. The van der Waals surface area contributed by atoms with E-state index < -0.39 is 0 Å². The van der Waals surface area contributed by atoms with Gasteiger partial charge in [-0.25, -0.2) is 4.39 Å². The summed E-state index contributed by atoms with van der Waals surface area (Å²) in [4.78, 5) is 14.2. The normalized spacial score (nSPS) is 11.0. The maximum Gasteiger partial charge on any atom is 0.246 e. The van der Waals surface area contributed by atoms with Crippen molar-refractivity contribution in [3.63, 3.8) is 0 Å². The SMILES string of the molecule is CCN(CCCNCCCc1ccc(OC)c(OC)c1)C(=O)/C=C/c1ccc(F)cc1. The lowest BCUT2D eigenvalue weighted by Crippen LogP contribution is -2.32. The lowest BCUT2D eigenvalue weighted by atomic mass is 10.1. The molecule has 0 unspecified atom stereocenters. The summed E-state index contributed by atoms with van der Waals surface area (Å²) in [5.41, 5.74) is 2.03. The minimum Gasteiger partial charge on any atom is -0.493 e. The highest BCUT2D eigenvalue weighted by molar-refractivity contribution is 5.91. The van der Waals surface area contributed by atoms with Crippen LogP contribution in [-0.2, 0) is 11.2 Å². The van der Waals surface area contributed by atoms with Crippen LogP contribution in [0, 0.1) is 5.82 Å². The topological polar surface area (TPSA) is 50.8 Å². The monoisotopic (exact) mass is 428 g/mol. The van der Waals surface area contributed by atoms with E-state index in [1.165, 1.54) is 17.7 Å². The number of aryl methyl sites for hydroxylation is 1. The molecule has 0 spiro atoms. The quantitative estimate of drug-likeness (QED) is 0.381. The number of hydrogen-bond acceptors (Lipinski definition) is 4. The van der Waals surface area contributed by atoms with Crippen LogP contribution in [0.3, 0.4) is 0 Å². The van der Waals surface area contributed by atoms with Gasteiger partial charge in [-0.05, 0) is 80.7 Å². The van der Waals surface area contributed by atoms with Crippen molar-refractivity contribution >= 4 is 12.0 Å². The predicted octanol–water partition coefficient (Wildman–Crippen LogP) is 4.32. The van der Waals surface area contributed by atoms with Crippen molar-refractivity contribution in [1.29, 1.82) is 0 Å². The standard InChI is InChI=1S/C25H33FN2O3/c1-4-28(25(29)15-11-20-8-12-22(26)13-9-20)18-6-17-27-16-5-7-21-10-14-23(30-2)24(19-21)31-3/h8-15,19,27H,4-7,16-18H2,1-3H3/b15-11+. The first kappa shape index (κ1) is 24.4. The van der Waals surface area contributed by atoms with Crippen LogP contribution < -0.4 is 14.8 Å². The highest BCUT2D eigenvalue weighted by Crippen LogP contribution is 2.27. The van der Waals surface area contributed by atoms with Crippen LogP contribution in [0.4, 0.5) is 4.39 Å². The third kappa shape index (κ3) is 8.42. The molecule has 31 heavy (non-hydrogen) atoms. The van der Waals surface area contributed by atoms with Gasteiger partial charge in [0.2, 0.25) is 5.91 Å². The molecule has 0 saturated heterocycles.